The van der Waals surface area contributed by atoms with Gasteiger partial charge in [0.25, 0.3) is 0 Å². The van der Waals surface area contributed by atoms with Crippen molar-refractivity contribution in [1.82, 2.24) is 0 Å². The first-order chi connectivity index (χ1) is 9.11. The van der Waals surface area contributed by atoms with Crippen molar-refractivity contribution < 1.29 is 14.4 Å². The van der Waals surface area contributed by atoms with Crippen molar-refractivity contribution in [3.63, 3.8) is 0 Å². The van der Waals surface area contributed by atoms with E-state index >= 15 is 0 Å². The van der Waals surface area contributed by atoms with Crippen LogP contribution in [0.5, 0.6) is 0 Å². The lowest BCUT2D eigenvalue weighted by atomic mass is 10.2. The average Bonchev–Trinajstić information content (AvgIpc) is 2.39. The van der Waals surface area contributed by atoms with E-state index in [1.807, 2.05) is 0 Å². The fraction of sp³-hybridized carbons (Fsp3) is 0.0769. The van der Waals surface area contributed by atoms with Gasteiger partial charge in [0.2, 0.25) is 5.82 Å². The Kier molecular flexibility index (Phi) is 4.13. The van der Waals surface area contributed by atoms with Crippen molar-refractivity contribution in [2.75, 3.05) is 0 Å². The van der Waals surface area contributed by atoms with Crippen molar-refractivity contribution in [2.24, 2.45) is 0 Å². The molecule has 0 amide bonds. The summed E-state index contributed by atoms with van der Waals surface area (Å²) in [5.41, 5.74) is 0.233. The van der Waals surface area contributed by atoms with E-state index in [0.717, 1.165) is 28.3 Å². The fourth-order valence-corrected chi connectivity index (χ4v) is 2.49. The van der Waals surface area contributed by atoms with Gasteiger partial charge in [-0.3, -0.25) is 10.1 Å². The van der Waals surface area contributed by atoms with Crippen LogP contribution in [0.25, 0.3) is 0 Å². The Bertz CT molecular complexity index is 601. The quantitative estimate of drug-likeness (QED) is 0.688. The number of nitrogens with zero attached hydrogens (tertiary/aromatic N) is 1. The molecule has 0 aliphatic heterocycles. The van der Waals surface area contributed by atoms with Gasteiger partial charge in [-0.25, -0.2) is 0 Å². The molecule has 0 aromatic heterocycles. The summed E-state index contributed by atoms with van der Waals surface area (Å²) in [6.07, 6.45) is 0. The molecule has 0 bridgehead atoms. The van der Waals surface area contributed by atoms with Gasteiger partial charge in [0.15, 0.2) is 0 Å². The van der Waals surface area contributed by atoms with E-state index in [1.165, 1.54) is 12.1 Å². The minimum Gasteiger partial charge on any atom is -0.392 e. The number of hydrogen-bond acceptors (Lipinski definition) is 4. The number of aliphatic hydroxyl groups excluding tert-OH is 1. The van der Waals surface area contributed by atoms with E-state index in [0.29, 0.717) is 0 Å². The molecule has 0 fully saturated rings. The summed E-state index contributed by atoms with van der Waals surface area (Å²) >= 11 is 1.11. The zero-order chi connectivity index (χ0) is 13.8. The van der Waals surface area contributed by atoms with Gasteiger partial charge in [0, 0.05) is 4.90 Å². The van der Waals surface area contributed by atoms with Gasteiger partial charge in [-0.2, -0.15) is 4.39 Å². The summed E-state index contributed by atoms with van der Waals surface area (Å²) in [6, 6.07) is 10.9. The third-order valence-corrected chi connectivity index (χ3v) is 3.52. The molecule has 0 atom stereocenters. The van der Waals surface area contributed by atoms with E-state index < -0.39 is 16.4 Å². The molecule has 0 unspecified atom stereocenters. The normalized spacial score (nSPS) is 10.4. The number of para-hydroxylation sites is 1. The Hall–Kier alpha value is -1.92. The van der Waals surface area contributed by atoms with Gasteiger partial charge in [0.05, 0.1) is 16.4 Å². The van der Waals surface area contributed by atoms with E-state index in [1.54, 1.807) is 24.3 Å². The topological polar surface area (TPSA) is 63.4 Å². The number of nitro benzene ring substituents is 1. The van der Waals surface area contributed by atoms with Gasteiger partial charge < -0.3 is 5.11 Å². The molecule has 19 heavy (non-hydrogen) atoms. The predicted molar refractivity (Wildman–Crippen MR) is 69.5 cm³/mol. The number of aliphatic hydroxyl groups is 1. The van der Waals surface area contributed by atoms with Crippen LogP contribution in [-0.4, -0.2) is 10.0 Å². The Morgan fingerprint density at radius 2 is 1.89 bits per heavy atom. The van der Waals surface area contributed by atoms with Crippen molar-refractivity contribution in [1.29, 1.82) is 0 Å². The molecule has 0 aliphatic carbocycles. The van der Waals surface area contributed by atoms with Gasteiger partial charge in [-0.15, -0.1) is 0 Å². The molecule has 1 N–H and O–H groups in total. The van der Waals surface area contributed by atoms with Gasteiger partial charge in [0.1, 0.15) is 0 Å². The first-order valence-corrected chi connectivity index (χ1v) is 6.24. The zero-order valence-corrected chi connectivity index (χ0v) is 10.6. The van der Waals surface area contributed by atoms with Crippen molar-refractivity contribution in [3.05, 3.63) is 64.0 Å². The molecule has 2 aromatic carbocycles. The molecule has 0 aliphatic rings. The fourth-order valence-electron chi connectivity index (χ4n) is 1.54. The number of benzene rings is 2. The average molecular weight is 279 g/mol. The molecule has 0 radical (unpaired) electrons. The number of nitro groups is 1. The van der Waals surface area contributed by atoms with Gasteiger partial charge in [-0.05, 0) is 29.8 Å². The highest BCUT2D eigenvalue weighted by Crippen LogP contribution is 2.36. The Morgan fingerprint density at radius 3 is 2.47 bits per heavy atom. The van der Waals surface area contributed by atoms with Gasteiger partial charge >= 0.3 is 5.69 Å². The van der Waals surface area contributed by atoms with E-state index in [9.17, 15) is 14.5 Å². The van der Waals surface area contributed by atoms with Crippen molar-refractivity contribution in [3.8, 4) is 0 Å². The second-order valence-electron chi connectivity index (χ2n) is 3.75. The van der Waals surface area contributed by atoms with Crippen LogP contribution in [0, 0.1) is 15.9 Å². The van der Waals surface area contributed by atoms with Crippen LogP contribution in [0.2, 0.25) is 0 Å². The second-order valence-corrected chi connectivity index (χ2v) is 4.86. The third-order valence-electron chi connectivity index (χ3n) is 2.47. The maximum atomic E-state index is 13.4. The molecule has 6 heteroatoms. The summed E-state index contributed by atoms with van der Waals surface area (Å²) in [7, 11) is 0. The molecule has 0 saturated carbocycles. The minimum absolute atomic E-state index is 0.0644. The summed E-state index contributed by atoms with van der Waals surface area (Å²) in [5, 5.41) is 19.8. The molecule has 0 saturated heterocycles. The first kappa shape index (κ1) is 13.5. The summed E-state index contributed by atoms with van der Waals surface area (Å²) in [6.45, 7) is -0.0644. The highest BCUT2D eigenvalue weighted by atomic mass is 32.2. The molecule has 0 spiro atoms. The Morgan fingerprint density at radius 1 is 1.21 bits per heavy atom. The highest BCUT2D eigenvalue weighted by molar-refractivity contribution is 7.99. The number of halogens is 1. The third kappa shape index (κ3) is 3.10. The highest BCUT2D eigenvalue weighted by Gasteiger charge is 2.20. The standard InChI is InChI=1S/C13H10FNO3S/c14-11-2-1-3-12(13(11)15(17)18)19-10-6-4-9(8-16)5-7-10/h1-7,16H,8H2. The minimum atomic E-state index is -0.845. The largest absolute Gasteiger partial charge is 0.392 e. The maximum absolute atomic E-state index is 13.4. The molecule has 2 aromatic rings. The number of rotatable bonds is 4. The molecule has 0 heterocycles. The smallest absolute Gasteiger partial charge is 0.318 e. The summed E-state index contributed by atoms with van der Waals surface area (Å²) < 4.78 is 13.4. The van der Waals surface area contributed by atoms with Gasteiger partial charge in [-0.1, -0.05) is 30.0 Å². The van der Waals surface area contributed by atoms with Crippen LogP contribution in [-0.2, 0) is 6.61 Å². The lowest BCUT2D eigenvalue weighted by Crippen LogP contribution is -1.94. The maximum Gasteiger partial charge on any atom is 0.318 e. The SMILES string of the molecule is O=[N+]([O-])c1c(F)cccc1Sc1ccc(CO)cc1. The van der Waals surface area contributed by atoms with E-state index in [2.05, 4.69) is 0 Å². The Labute approximate surface area is 113 Å². The lowest BCUT2D eigenvalue weighted by Gasteiger charge is -2.04. The molecule has 2 rings (SSSR count). The molecule has 98 valence electrons. The monoisotopic (exact) mass is 279 g/mol. The lowest BCUT2D eigenvalue weighted by molar-refractivity contribution is -0.390. The predicted octanol–water partition coefficient (Wildman–Crippen LogP) is 3.38. The van der Waals surface area contributed by atoms with Crippen molar-refractivity contribution in [2.45, 2.75) is 16.4 Å². The summed E-state index contributed by atoms with van der Waals surface area (Å²) in [4.78, 5) is 11.1. The van der Waals surface area contributed by atoms with E-state index in [4.69, 9.17) is 5.11 Å². The Balaban J connectivity index is 2.32. The first-order valence-electron chi connectivity index (χ1n) is 5.42. The summed E-state index contributed by atoms with van der Waals surface area (Å²) in [5.74, 6) is -0.845. The molecular formula is C13H10FNO3S. The second kappa shape index (κ2) is 5.81. The van der Waals surface area contributed by atoms with Crippen LogP contribution in [0.4, 0.5) is 10.1 Å². The van der Waals surface area contributed by atoms with Crippen LogP contribution in [0.1, 0.15) is 5.56 Å². The van der Waals surface area contributed by atoms with Crippen LogP contribution < -0.4 is 0 Å². The molecule has 4 nitrogen and oxygen atoms in total. The van der Waals surface area contributed by atoms with E-state index in [-0.39, 0.29) is 11.5 Å². The van der Waals surface area contributed by atoms with Crippen LogP contribution in [0.15, 0.2) is 52.3 Å². The molecular weight excluding hydrogens is 269 g/mol. The van der Waals surface area contributed by atoms with Crippen LogP contribution in [0.3, 0.4) is 0 Å². The van der Waals surface area contributed by atoms with Crippen molar-refractivity contribution >= 4 is 17.4 Å². The van der Waals surface area contributed by atoms with Crippen LogP contribution >= 0.6 is 11.8 Å². The zero-order valence-electron chi connectivity index (χ0n) is 9.75. The number of hydrogen-bond donors (Lipinski definition) is 1.